The molecule has 2 heterocycles. The highest BCUT2D eigenvalue weighted by molar-refractivity contribution is 5.69. The second-order valence-electron chi connectivity index (χ2n) is 7.95. The first-order valence-corrected chi connectivity index (χ1v) is 10.9. The molecule has 1 N–H and O–H groups in total. The Morgan fingerprint density at radius 2 is 2.03 bits per heavy atom. The third-order valence-electron chi connectivity index (χ3n) is 5.69. The van der Waals surface area contributed by atoms with Gasteiger partial charge in [-0.25, -0.2) is 0 Å². The van der Waals surface area contributed by atoms with Crippen LogP contribution in [0.15, 0.2) is 30.3 Å². The summed E-state index contributed by atoms with van der Waals surface area (Å²) in [5.74, 6) is -0.962. The van der Waals surface area contributed by atoms with Gasteiger partial charge in [0, 0.05) is 19.4 Å². The lowest BCUT2D eigenvalue weighted by molar-refractivity contribution is -0.216. The number of unbranched alkanes of at least 4 members (excludes halogenated alkanes) is 2. The normalized spacial score (nSPS) is 28.4. The van der Waals surface area contributed by atoms with Gasteiger partial charge in [0.1, 0.15) is 6.10 Å². The third-order valence-corrected chi connectivity index (χ3v) is 5.69. The fourth-order valence-electron chi connectivity index (χ4n) is 4.15. The zero-order valence-corrected chi connectivity index (χ0v) is 17.4. The van der Waals surface area contributed by atoms with Crippen LogP contribution in [0.4, 0.5) is 0 Å². The monoisotopic (exact) mass is 406 g/mol. The Morgan fingerprint density at radius 1 is 1.21 bits per heavy atom. The molecule has 2 aliphatic heterocycles. The lowest BCUT2D eigenvalue weighted by atomic mass is 9.95. The molecular formula is C23H34O6. The van der Waals surface area contributed by atoms with Crippen molar-refractivity contribution in [2.24, 2.45) is 0 Å². The maximum atomic E-state index is 11.7. The van der Waals surface area contributed by atoms with E-state index in [4.69, 9.17) is 18.9 Å². The predicted octanol–water partition coefficient (Wildman–Crippen LogP) is 3.74. The highest BCUT2D eigenvalue weighted by atomic mass is 16.8. The van der Waals surface area contributed by atoms with Gasteiger partial charge in [0.15, 0.2) is 5.79 Å². The molecule has 162 valence electrons. The Bertz CT molecular complexity index is 621. The molecule has 2 saturated heterocycles. The van der Waals surface area contributed by atoms with E-state index in [9.17, 15) is 9.90 Å². The van der Waals surface area contributed by atoms with Crippen LogP contribution in [0.3, 0.4) is 0 Å². The molecule has 29 heavy (non-hydrogen) atoms. The molecule has 4 unspecified atom stereocenters. The first kappa shape index (κ1) is 22.2. The minimum atomic E-state index is -0.736. The summed E-state index contributed by atoms with van der Waals surface area (Å²) in [5, 5.41) is 10.3. The molecular weight excluding hydrogens is 372 g/mol. The standard InChI is InChI=1S/C23H34O6/c1-2-27-21(25)13-15-23-14-12-19(24)22(29-23)20(28-23)11-7-4-8-16-26-17-18-9-5-3-6-10-18/h3,5-6,9-10,19-20,22,24H,2,4,7-8,11-17H2,1H3. The van der Waals surface area contributed by atoms with E-state index < -0.39 is 11.9 Å². The first-order chi connectivity index (χ1) is 14.1. The van der Waals surface area contributed by atoms with E-state index in [1.165, 1.54) is 5.56 Å². The number of esters is 1. The molecule has 0 spiro atoms. The zero-order valence-electron chi connectivity index (χ0n) is 17.4. The number of benzene rings is 1. The fourth-order valence-corrected chi connectivity index (χ4v) is 4.15. The highest BCUT2D eigenvalue weighted by Gasteiger charge is 2.53. The molecule has 1 aromatic carbocycles. The highest BCUT2D eigenvalue weighted by Crippen LogP contribution is 2.44. The van der Waals surface area contributed by atoms with Gasteiger partial charge in [0.05, 0.1) is 31.8 Å². The number of carbonyl (C=O) groups is 1. The smallest absolute Gasteiger partial charge is 0.305 e. The van der Waals surface area contributed by atoms with Crippen LogP contribution in [-0.4, -0.2) is 48.4 Å². The Hall–Kier alpha value is -1.47. The van der Waals surface area contributed by atoms with E-state index in [1.807, 2.05) is 18.2 Å². The Balaban J connectivity index is 1.34. The fraction of sp³-hybridized carbons (Fsp3) is 0.696. The van der Waals surface area contributed by atoms with Crippen molar-refractivity contribution in [2.45, 2.75) is 89.0 Å². The Kier molecular flexibility index (Phi) is 8.48. The average molecular weight is 407 g/mol. The quantitative estimate of drug-likeness (QED) is 0.421. The molecule has 1 aromatic rings. The minimum absolute atomic E-state index is 0.111. The van der Waals surface area contributed by atoms with Gasteiger partial charge in [-0.15, -0.1) is 0 Å². The molecule has 3 rings (SSSR count). The number of carbonyl (C=O) groups excluding carboxylic acids is 1. The largest absolute Gasteiger partial charge is 0.466 e. The Morgan fingerprint density at radius 3 is 2.83 bits per heavy atom. The molecule has 2 fully saturated rings. The maximum absolute atomic E-state index is 11.7. The van der Waals surface area contributed by atoms with Crippen LogP contribution in [0.25, 0.3) is 0 Å². The maximum Gasteiger partial charge on any atom is 0.305 e. The van der Waals surface area contributed by atoms with E-state index in [0.717, 1.165) is 32.3 Å². The summed E-state index contributed by atoms with van der Waals surface area (Å²) in [6, 6.07) is 10.2. The van der Waals surface area contributed by atoms with Gasteiger partial charge in [-0.2, -0.15) is 0 Å². The summed E-state index contributed by atoms with van der Waals surface area (Å²) in [7, 11) is 0. The van der Waals surface area contributed by atoms with Crippen molar-refractivity contribution in [1.29, 1.82) is 0 Å². The van der Waals surface area contributed by atoms with E-state index in [2.05, 4.69) is 12.1 Å². The second-order valence-corrected chi connectivity index (χ2v) is 7.95. The van der Waals surface area contributed by atoms with Crippen LogP contribution >= 0.6 is 0 Å². The van der Waals surface area contributed by atoms with Crippen LogP contribution in [0.1, 0.15) is 63.9 Å². The van der Waals surface area contributed by atoms with Crippen LogP contribution in [-0.2, 0) is 30.3 Å². The summed E-state index contributed by atoms with van der Waals surface area (Å²) in [4.78, 5) is 11.7. The topological polar surface area (TPSA) is 74.2 Å². The number of ether oxygens (including phenoxy) is 4. The molecule has 4 atom stereocenters. The van der Waals surface area contributed by atoms with E-state index in [1.54, 1.807) is 6.92 Å². The van der Waals surface area contributed by atoms with Crippen molar-refractivity contribution in [3.05, 3.63) is 35.9 Å². The average Bonchev–Trinajstić information content (AvgIpc) is 3.04. The third kappa shape index (κ3) is 6.51. The van der Waals surface area contributed by atoms with Crippen molar-refractivity contribution in [3.63, 3.8) is 0 Å². The zero-order chi connectivity index (χ0) is 20.5. The van der Waals surface area contributed by atoms with Gasteiger partial charge in [0.25, 0.3) is 0 Å². The molecule has 0 saturated carbocycles. The van der Waals surface area contributed by atoms with E-state index in [0.29, 0.717) is 32.5 Å². The molecule has 0 aliphatic carbocycles. The number of aliphatic hydroxyl groups is 1. The minimum Gasteiger partial charge on any atom is -0.466 e. The number of aliphatic hydroxyl groups excluding tert-OH is 1. The first-order valence-electron chi connectivity index (χ1n) is 10.9. The molecule has 0 aromatic heterocycles. The summed E-state index contributed by atoms with van der Waals surface area (Å²) in [5.41, 5.74) is 1.19. The van der Waals surface area contributed by atoms with Crippen LogP contribution < -0.4 is 0 Å². The molecule has 2 bridgehead atoms. The van der Waals surface area contributed by atoms with E-state index in [-0.39, 0.29) is 24.6 Å². The van der Waals surface area contributed by atoms with Gasteiger partial charge in [-0.3, -0.25) is 4.79 Å². The van der Waals surface area contributed by atoms with Crippen molar-refractivity contribution in [2.75, 3.05) is 13.2 Å². The molecule has 6 nitrogen and oxygen atoms in total. The molecule has 0 radical (unpaired) electrons. The second kappa shape index (κ2) is 11.1. The van der Waals surface area contributed by atoms with Gasteiger partial charge < -0.3 is 24.1 Å². The summed E-state index contributed by atoms with van der Waals surface area (Å²) in [6.07, 6.45) is 5.04. The summed E-state index contributed by atoms with van der Waals surface area (Å²) in [6.45, 7) is 3.57. The van der Waals surface area contributed by atoms with E-state index >= 15 is 0 Å². The van der Waals surface area contributed by atoms with Crippen LogP contribution in [0, 0.1) is 0 Å². The van der Waals surface area contributed by atoms with Crippen molar-refractivity contribution in [1.82, 2.24) is 0 Å². The van der Waals surface area contributed by atoms with Gasteiger partial charge in [-0.1, -0.05) is 43.2 Å². The Labute approximate surface area is 173 Å². The van der Waals surface area contributed by atoms with Crippen LogP contribution in [0.5, 0.6) is 0 Å². The van der Waals surface area contributed by atoms with Gasteiger partial charge in [-0.05, 0) is 31.7 Å². The van der Waals surface area contributed by atoms with Gasteiger partial charge >= 0.3 is 5.97 Å². The number of hydrogen-bond acceptors (Lipinski definition) is 6. The number of fused-ring (bicyclic) bond motifs is 2. The number of hydrogen-bond donors (Lipinski definition) is 1. The lowest BCUT2D eigenvalue weighted by Gasteiger charge is -2.33. The predicted molar refractivity (Wildman–Crippen MR) is 108 cm³/mol. The molecule has 0 amide bonds. The lowest BCUT2D eigenvalue weighted by Crippen LogP contribution is -2.42. The summed E-state index contributed by atoms with van der Waals surface area (Å²) < 4.78 is 23.1. The van der Waals surface area contributed by atoms with Crippen molar-refractivity contribution in [3.8, 4) is 0 Å². The SMILES string of the molecule is CCOC(=O)CCC12CCC(O)C(O1)C(CCCCCOCc1ccccc1)O2. The van der Waals surface area contributed by atoms with Gasteiger partial charge in [0.2, 0.25) is 0 Å². The van der Waals surface area contributed by atoms with Crippen molar-refractivity contribution < 1.29 is 28.8 Å². The van der Waals surface area contributed by atoms with Crippen LogP contribution in [0.2, 0.25) is 0 Å². The summed E-state index contributed by atoms with van der Waals surface area (Å²) >= 11 is 0. The number of rotatable bonds is 12. The molecule has 2 aliphatic rings. The molecule has 6 heteroatoms. The van der Waals surface area contributed by atoms with Crippen molar-refractivity contribution >= 4 is 5.97 Å².